The second-order valence-corrected chi connectivity index (χ2v) is 10.7. The molecule has 1 fully saturated rings. The van der Waals surface area contributed by atoms with E-state index in [4.69, 9.17) is 27.9 Å². The van der Waals surface area contributed by atoms with E-state index in [-0.39, 0.29) is 59.4 Å². The van der Waals surface area contributed by atoms with Crippen LogP contribution in [0, 0.1) is 16.0 Å². The number of nitrogens with zero attached hydrogens (tertiary/aromatic N) is 3. The fraction of sp³-hybridized carbons (Fsp3) is 0.381. The van der Waals surface area contributed by atoms with Gasteiger partial charge in [-0.1, -0.05) is 37.0 Å². The maximum atomic E-state index is 13.4. The molecule has 2 aromatic carbocycles. The van der Waals surface area contributed by atoms with Gasteiger partial charge in [-0.15, -0.1) is 0 Å². The van der Waals surface area contributed by atoms with Crippen molar-refractivity contribution in [2.24, 2.45) is 5.92 Å². The summed E-state index contributed by atoms with van der Waals surface area (Å²) in [6.45, 7) is 4.47. The van der Waals surface area contributed by atoms with E-state index in [1.54, 1.807) is 11.0 Å². The van der Waals surface area contributed by atoms with E-state index in [0.29, 0.717) is 11.4 Å². The maximum absolute atomic E-state index is 13.4. The van der Waals surface area contributed by atoms with Gasteiger partial charge in [0.15, 0.2) is 0 Å². The topological polar surface area (TPSA) is 110 Å². The second-order valence-electron chi connectivity index (χ2n) is 7.95. The number of halogens is 2. The molecule has 3 rings (SSSR count). The molecule has 2 aromatic rings. The van der Waals surface area contributed by atoms with Gasteiger partial charge in [0.05, 0.1) is 9.95 Å². The molecule has 12 heteroatoms. The Morgan fingerprint density at radius 2 is 1.76 bits per heavy atom. The number of hydrogen-bond donors (Lipinski definition) is 0. The van der Waals surface area contributed by atoms with Gasteiger partial charge in [0.2, 0.25) is 15.9 Å². The van der Waals surface area contributed by atoms with E-state index in [0.717, 1.165) is 12.1 Å². The summed E-state index contributed by atoms with van der Waals surface area (Å²) >= 11 is 12.1. The first kappa shape index (κ1) is 25.2. The van der Waals surface area contributed by atoms with E-state index in [9.17, 15) is 23.3 Å². The molecule has 9 nitrogen and oxygen atoms in total. The molecule has 0 atom stereocenters. The minimum atomic E-state index is -4.17. The van der Waals surface area contributed by atoms with Gasteiger partial charge in [-0.2, -0.15) is 4.31 Å². The van der Waals surface area contributed by atoms with Crippen LogP contribution in [0.15, 0.2) is 41.3 Å². The van der Waals surface area contributed by atoms with Crippen molar-refractivity contribution in [3.05, 3.63) is 56.6 Å². The first-order valence-electron chi connectivity index (χ1n) is 10.2. The minimum absolute atomic E-state index is 0.0305. The third-order valence-electron chi connectivity index (χ3n) is 5.04. The van der Waals surface area contributed by atoms with Crippen LogP contribution >= 0.6 is 23.2 Å². The summed E-state index contributed by atoms with van der Waals surface area (Å²) in [5.41, 5.74) is -0.399. The number of piperazine rings is 1. The Morgan fingerprint density at radius 3 is 2.36 bits per heavy atom. The molecule has 0 aromatic heterocycles. The van der Waals surface area contributed by atoms with Crippen molar-refractivity contribution in [3.63, 3.8) is 0 Å². The van der Waals surface area contributed by atoms with Gasteiger partial charge in [0, 0.05) is 55.8 Å². The number of benzene rings is 2. The summed E-state index contributed by atoms with van der Waals surface area (Å²) in [7, 11) is -4.17. The van der Waals surface area contributed by atoms with Crippen molar-refractivity contribution in [3.8, 4) is 11.5 Å². The van der Waals surface area contributed by atoms with Crippen LogP contribution in [0.3, 0.4) is 0 Å². The highest BCUT2D eigenvalue weighted by Gasteiger charge is 2.33. The number of ether oxygens (including phenoxy) is 1. The lowest BCUT2D eigenvalue weighted by molar-refractivity contribution is -0.385. The number of carbonyl (C=O) groups is 1. The Bertz CT molecular complexity index is 1160. The average molecular weight is 516 g/mol. The molecule has 0 spiro atoms. The molecule has 178 valence electrons. The smallest absolute Gasteiger partial charge is 0.271 e. The van der Waals surface area contributed by atoms with E-state index in [1.807, 2.05) is 13.8 Å². The van der Waals surface area contributed by atoms with Gasteiger partial charge in [0.25, 0.3) is 5.69 Å². The fourth-order valence-corrected chi connectivity index (χ4v) is 5.24. The Hall–Kier alpha value is -2.40. The van der Waals surface area contributed by atoms with E-state index in [2.05, 4.69) is 0 Å². The Morgan fingerprint density at radius 1 is 1.09 bits per heavy atom. The molecule has 1 aliphatic heterocycles. The van der Waals surface area contributed by atoms with Crippen LogP contribution in [0.2, 0.25) is 10.0 Å². The van der Waals surface area contributed by atoms with Gasteiger partial charge in [-0.05, 0) is 24.1 Å². The van der Waals surface area contributed by atoms with Gasteiger partial charge in [0.1, 0.15) is 16.4 Å². The van der Waals surface area contributed by atoms with E-state index < -0.39 is 20.6 Å². The third-order valence-corrected chi connectivity index (χ3v) is 7.51. The lowest BCUT2D eigenvalue weighted by Crippen LogP contribution is -2.50. The number of non-ortho nitro benzene ring substituents is 1. The highest BCUT2D eigenvalue weighted by Crippen LogP contribution is 2.37. The van der Waals surface area contributed by atoms with Crippen molar-refractivity contribution in [1.29, 1.82) is 0 Å². The number of nitro groups is 1. The molecule has 33 heavy (non-hydrogen) atoms. The van der Waals surface area contributed by atoms with Crippen molar-refractivity contribution in [1.82, 2.24) is 9.21 Å². The van der Waals surface area contributed by atoms with Crippen LogP contribution in [0.1, 0.15) is 20.3 Å². The molecule has 0 bridgehead atoms. The molecule has 0 aliphatic carbocycles. The third kappa shape index (κ3) is 5.94. The maximum Gasteiger partial charge on any atom is 0.271 e. The predicted octanol–water partition coefficient (Wildman–Crippen LogP) is 4.57. The monoisotopic (exact) mass is 515 g/mol. The van der Waals surface area contributed by atoms with Crippen LogP contribution in [0.25, 0.3) is 0 Å². The average Bonchev–Trinajstić information content (AvgIpc) is 2.76. The summed E-state index contributed by atoms with van der Waals surface area (Å²) in [5, 5.41) is 11.8. The largest absolute Gasteiger partial charge is 0.454 e. The first-order valence-corrected chi connectivity index (χ1v) is 12.4. The standard InChI is InChI=1S/C21H23Cl2N3O6S/c1-14(2)11-21(27)24-7-9-25(10-8-24)33(30,31)20-13-16(26(28)29)4-6-18(20)32-19-12-15(22)3-5-17(19)23/h3-6,12-14H,7-11H2,1-2H3. The molecule has 0 saturated carbocycles. The zero-order valence-corrected chi connectivity index (χ0v) is 20.4. The van der Waals surface area contributed by atoms with Crippen LogP contribution in [0.4, 0.5) is 5.69 Å². The Labute approximate surface area is 202 Å². The summed E-state index contributed by atoms with van der Waals surface area (Å²) in [6.07, 6.45) is 0.385. The van der Waals surface area contributed by atoms with Gasteiger partial charge >= 0.3 is 0 Å². The number of rotatable bonds is 7. The summed E-state index contributed by atoms with van der Waals surface area (Å²) < 4.78 is 33.8. The highest BCUT2D eigenvalue weighted by atomic mass is 35.5. The normalized spacial score (nSPS) is 15.0. The van der Waals surface area contributed by atoms with Crippen molar-refractivity contribution >= 4 is 44.8 Å². The molecule has 1 heterocycles. The molecule has 1 saturated heterocycles. The number of nitro benzene ring substituents is 1. The van der Waals surface area contributed by atoms with Gasteiger partial charge < -0.3 is 9.64 Å². The predicted molar refractivity (Wildman–Crippen MR) is 124 cm³/mol. The van der Waals surface area contributed by atoms with Crippen LogP contribution < -0.4 is 4.74 Å². The Balaban J connectivity index is 1.91. The molecule has 0 N–H and O–H groups in total. The molecule has 1 amide bonds. The number of amides is 1. The zero-order valence-electron chi connectivity index (χ0n) is 18.0. The molecule has 0 unspecified atom stereocenters. The van der Waals surface area contributed by atoms with Crippen LogP contribution in [-0.4, -0.2) is 54.6 Å². The van der Waals surface area contributed by atoms with Crippen molar-refractivity contribution in [2.45, 2.75) is 25.2 Å². The van der Waals surface area contributed by atoms with Crippen LogP contribution in [0.5, 0.6) is 11.5 Å². The van der Waals surface area contributed by atoms with E-state index >= 15 is 0 Å². The fourth-order valence-electron chi connectivity index (χ4n) is 3.37. The number of sulfonamides is 1. The SMILES string of the molecule is CC(C)CC(=O)N1CCN(S(=O)(=O)c2cc([N+](=O)[O-])ccc2Oc2cc(Cl)ccc2Cl)CC1. The molecular formula is C21H23Cl2N3O6S. The van der Waals surface area contributed by atoms with Crippen molar-refractivity contribution in [2.75, 3.05) is 26.2 Å². The van der Waals surface area contributed by atoms with Crippen molar-refractivity contribution < 1.29 is 22.9 Å². The first-order chi connectivity index (χ1) is 15.5. The Kier molecular flexibility index (Phi) is 7.84. The molecule has 0 radical (unpaired) electrons. The zero-order chi connectivity index (χ0) is 24.3. The minimum Gasteiger partial charge on any atom is -0.454 e. The number of hydrogen-bond acceptors (Lipinski definition) is 6. The lowest BCUT2D eigenvalue weighted by atomic mass is 10.1. The highest BCUT2D eigenvalue weighted by molar-refractivity contribution is 7.89. The summed E-state index contributed by atoms with van der Waals surface area (Å²) in [6, 6.07) is 7.77. The van der Waals surface area contributed by atoms with Crippen LogP contribution in [-0.2, 0) is 14.8 Å². The summed E-state index contributed by atoms with van der Waals surface area (Å²) in [5.74, 6) is 0.154. The van der Waals surface area contributed by atoms with Gasteiger partial charge in [-0.25, -0.2) is 8.42 Å². The second kappa shape index (κ2) is 10.3. The lowest BCUT2D eigenvalue weighted by Gasteiger charge is -2.34. The molecular weight excluding hydrogens is 493 g/mol. The summed E-state index contributed by atoms with van der Waals surface area (Å²) in [4.78, 5) is 24.2. The quantitative estimate of drug-likeness (QED) is 0.394. The number of carbonyl (C=O) groups excluding carboxylic acids is 1. The molecule has 1 aliphatic rings. The van der Waals surface area contributed by atoms with Gasteiger partial charge in [-0.3, -0.25) is 14.9 Å². The van der Waals surface area contributed by atoms with E-state index in [1.165, 1.54) is 22.5 Å².